The van der Waals surface area contributed by atoms with Gasteiger partial charge in [-0.2, -0.15) is 0 Å². The first-order chi connectivity index (χ1) is 10.0. The van der Waals surface area contributed by atoms with Crippen molar-refractivity contribution < 1.29 is 0 Å². The first-order valence-corrected chi connectivity index (χ1v) is 9.21. The van der Waals surface area contributed by atoms with Crippen LogP contribution in [0, 0.1) is 5.92 Å². The largest absolute Gasteiger partial charge is 0.314 e. The fraction of sp³-hybridized carbons (Fsp3) is 1.00. The number of nitrogens with one attached hydrogen (secondary N) is 1. The molecule has 2 fully saturated rings. The van der Waals surface area contributed by atoms with Gasteiger partial charge in [-0.05, 0) is 52.5 Å². The second-order valence-electron chi connectivity index (χ2n) is 8.06. The van der Waals surface area contributed by atoms with Crippen molar-refractivity contribution in [3.63, 3.8) is 0 Å². The van der Waals surface area contributed by atoms with Gasteiger partial charge in [0.05, 0.1) is 0 Å². The number of hydrogen-bond acceptors (Lipinski definition) is 3. The minimum atomic E-state index is 0.335. The second kappa shape index (κ2) is 7.94. The highest BCUT2D eigenvalue weighted by Gasteiger charge is 2.30. The average molecular weight is 296 g/mol. The van der Waals surface area contributed by atoms with Crippen molar-refractivity contribution in [1.82, 2.24) is 15.1 Å². The second-order valence-corrected chi connectivity index (χ2v) is 8.06. The molecule has 2 atom stereocenters. The van der Waals surface area contributed by atoms with E-state index in [0.29, 0.717) is 5.54 Å². The molecule has 0 radical (unpaired) electrons. The Labute approximate surface area is 132 Å². The third-order valence-electron chi connectivity index (χ3n) is 5.38. The molecule has 0 spiro atoms. The Balaban J connectivity index is 1.78. The summed E-state index contributed by atoms with van der Waals surface area (Å²) in [5, 5.41) is 3.81. The summed E-state index contributed by atoms with van der Waals surface area (Å²) in [5.74, 6) is 0.881. The number of nitrogens with zero attached hydrogens (tertiary/aromatic N) is 2. The zero-order chi connectivity index (χ0) is 15.3. The van der Waals surface area contributed by atoms with Crippen LogP contribution in [0.25, 0.3) is 0 Å². The molecule has 1 heterocycles. The van der Waals surface area contributed by atoms with Crippen molar-refractivity contribution in [2.75, 3.05) is 39.3 Å². The van der Waals surface area contributed by atoms with Crippen LogP contribution in [0.3, 0.4) is 0 Å². The molecule has 0 aromatic rings. The summed E-state index contributed by atoms with van der Waals surface area (Å²) in [6.45, 7) is 16.8. The summed E-state index contributed by atoms with van der Waals surface area (Å²) >= 11 is 0. The minimum Gasteiger partial charge on any atom is -0.314 e. The molecule has 1 aliphatic carbocycles. The van der Waals surface area contributed by atoms with Gasteiger partial charge in [-0.25, -0.2) is 0 Å². The molecule has 124 valence electrons. The Morgan fingerprint density at radius 2 is 1.67 bits per heavy atom. The highest BCUT2D eigenvalue weighted by atomic mass is 15.3. The van der Waals surface area contributed by atoms with Crippen LogP contribution in [0.1, 0.15) is 59.8 Å². The molecule has 0 amide bonds. The SMILES string of the molecule is CCCNC1CCCCC1CN1CCN(C(C)(C)C)CC1. The van der Waals surface area contributed by atoms with E-state index in [9.17, 15) is 0 Å². The van der Waals surface area contributed by atoms with Crippen molar-refractivity contribution >= 4 is 0 Å². The summed E-state index contributed by atoms with van der Waals surface area (Å²) in [4.78, 5) is 5.36. The lowest BCUT2D eigenvalue weighted by molar-refractivity contribution is 0.0482. The Bertz CT molecular complexity index is 289. The van der Waals surface area contributed by atoms with E-state index in [1.807, 2.05) is 0 Å². The summed E-state index contributed by atoms with van der Waals surface area (Å²) in [7, 11) is 0. The lowest BCUT2D eigenvalue weighted by Gasteiger charge is -2.44. The lowest BCUT2D eigenvalue weighted by Crippen LogP contribution is -2.55. The third-order valence-corrected chi connectivity index (χ3v) is 5.38. The first kappa shape index (κ1) is 17.2. The summed E-state index contributed by atoms with van der Waals surface area (Å²) < 4.78 is 0. The van der Waals surface area contributed by atoms with Gasteiger partial charge in [-0.3, -0.25) is 4.90 Å². The Hall–Kier alpha value is -0.120. The van der Waals surface area contributed by atoms with Crippen molar-refractivity contribution in [2.45, 2.75) is 71.4 Å². The van der Waals surface area contributed by atoms with Crippen LogP contribution < -0.4 is 5.32 Å². The summed E-state index contributed by atoms with van der Waals surface area (Å²) in [6.07, 6.45) is 6.95. The molecule has 2 unspecified atom stereocenters. The van der Waals surface area contributed by atoms with E-state index in [0.717, 1.165) is 12.0 Å². The molecular weight excluding hydrogens is 258 g/mol. The van der Waals surface area contributed by atoms with Crippen molar-refractivity contribution in [3.05, 3.63) is 0 Å². The van der Waals surface area contributed by atoms with Crippen LogP contribution in [-0.4, -0.2) is 60.6 Å². The highest BCUT2D eigenvalue weighted by Crippen LogP contribution is 2.26. The molecule has 1 saturated carbocycles. The summed E-state index contributed by atoms with van der Waals surface area (Å²) in [6, 6.07) is 0.777. The van der Waals surface area contributed by atoms with E-state index in [4.69, 9.17) is 0 Å². The molecule has 21 heavy (non-hydrogen) atoms. The average Bonchev–Trinajstić information content (AvgIpc) is 2.46. The zero-order valence-corrected chi connectivity index (χ0v) is 14.8. The fourth-order valence-electron chi connectivity index (χ4n) is 3.96. The molecule has 3 heteroatoms. The molecule has 0 aromatic carbocycles. The summed E-state index contributed by atoms with van der Waals surface area (Å²) in [5.41, 5.74) is 0.335. The van der Waals surface area contributed by atoms with Gasteiger partial charge in [-0.1, -0.05) is 19.8 Å². The van der Waals surface area contributed by atoms with Gasteiger partial charge in [0.25, 0.3) is 0 Å². The smallest absolute Gasteiger partial charge is 0.0126 e. The van der Waals surface area contributed by atoms with Crippen LogP contribution in [0.4, 0.5) is 0 Å². The van der Waals surface area contributed by atoms with Crippen molar-refractivity contribution in [3.8, 4) is 0 Å². The van der Waals surface area contributed by atoms with Crippen molar-refractivity contribution in [2.24, 2.45) is 5.92 Å². The quantitative estimate of drug-likeness (QED) is 0.841. The number of rotatable bonds is 5. The predicted molar refractivity (Wildman–Crippen MR) is 91.8 cm³/mol. The van der Waals surface area contributed by atoms with Gasteiger partial charge < -0.3 is 10.2 Å². The Morgan fingerprint density at radius 3 is 2.29 bits per heavy atom. The lowest BCUT2D eigenvalue weighted by atomic mass is 9.84. The Morgan fingerprint density at radius 1 is 1.00 bits per heavy atom. The maximum absolute atomic E-state index is 3.81. The Kier molecular flexibility index (Phi) is 6.51. The molecule has 1 aliphatic heterocycles. The minimum absolute atomic E-state index is 0.335. The van der Waals surface area contributed by atoms with E-state index < -0.39 is 0 Å². The highest BCUT2D eigenvalue weighted by molar-refractivity contribution is 4.86. The van der Waals surface area contributed by atoms with Gasteiger partial charge in [0.2, 0.25) is 0 Å². The fourth-order valence-corrected chi connectivity index (χ4v) is 3.96. The van der Waals surface area contributed by atoms with Gasteiger partial charge in [0, 0.05) is 44.3 Å². The molecule has 3 nitrogen and oxygen atoms in total. The third kappa shape index (κ3) is 5.22. The number of hydrogen-bond donors (Lipinski definition) is 1. The maximum Gasteiger partial charge on any atom is 0.0126 e. The van der Waals surface area contributed by atoms with Crippen LogP contribution >= 0.6 is 0 Å². The molecule has 1 saturated heterocycles. The molecular formula is C18H37N3. The van der Waals surface area contributed by atoms with Gasteiger partial charge in [0.15, 0.2) is 0 Å². The molecule has 0 aromatic heterocycles. The van der Waals surface area contributed by atoms with Crippen molar-refractivity contribution in [1.29, 1.82) is 0 Å². The standard InChI is InChI=1S/C18H37N3/c1-5-10-19-17-9-7-6-8-16(17)15-20-11-13-21(14-12-20)18(2,3)4/h16-17,19H,5-15H2,1-4H3. The van der Waals surface area contributed by atoms with Crippen LogP contribution in [-0.2, 0) is 0 Å². The predicted octanol–water partition coefficient (Wildman–Crippen LogP) is 2.96. The molecule has 2 rings (SSSR count). The molecule has 0 bridgehead atoms. The monoisotopic (exact) mass is 295 g/mol. The van der Waals surface area contributed by atoms with Crippen LogP contribution in [0.5, 0.6) is 0 Å². The van der Waals surface area contributed by atoms with E-state index in [1.165, 1.54) is 71.4 Å². The van der Waals surface area contributed by atoms with Gasteiger partial charge in [0.1, 0.15) is 0 Å². The van der Waals surface area contributed by atoms with E-state index in [-0.39, 0.29) is 0 Å². The van der Waals surface area contributed by atoms with E-state index >= 15 is 0 Å². The normalized spacial score (nSPS) is 29.7. The zero-order valence-electron chi connectivity index (χ0n) is 14.8. The van der Waals surface area contributed by atoms with Crippen LogP contribution in [0.15, 0.2) is 0 Å². The maximum atomic E-state index is 3.81. The van der Waals surface area contributed by atoms with Gasteiger partial charge in [-0.15, -0.1) is 0 Å². The first-order valence-electron chi connectivity index (χ1n) is 9.21. The topological polar surface area (TPSA) is 18.5 Å². The van der Waals surface area contributed by atoms with E-state index in [1.54, 1.807) is 0 Å². The van der Waals surface area contributed by atoms with Crippen LogP contribution in [0.2, 0.25) is 0 Å². The van der Waals surface area contributed by atoms with Gasteiger partial charge >= 0.3 is 0 Å². The molecule has 2 aliphatic rings. The van der Waals surface area contributed by atoms with E-state index in [2.05, 4.69) is 42.8 Å². The molecule has 1 N–H and O–H groups in total. The number of piperazine rings is 1.